The Hall–Kier alpha value is -2.28. The van der Waals surface area contributed by atoms with Crippen LogP contribution in [0.2, 0.25) is 0 Å². The minimum absolute atomic E-state index is 0.127. The number of nitrogens with one attached hydrogen (secondary N) is 2. The summed E-state index contributed by atoms with van der Waals surface area (Å²) in [6.45, 7) is 1.76. The molecular weight excluding hydrogens is 280 g/mol. The predicted molar refractivity (Wildman–Crippen MR) is 75.6 cm³/mol. The number of aromatic nitrogens is 1. The zero-order chi connectivity index (χ0) is 14.8. The van der Waals surface area contributed by atoms with E-state index in [4.69, 9.17) is 4.74 Å². The lowest BCUT2D eigenvalue weighted by Crippen LogP contribution is -2.14. The minimum Gasteiger partial charge on any atom is -0.496 e. The smallest absolute Gasteiger partial charge is 0.261 e. The van der Waals surface area contributed by atoms with E-state index in [-0.39, 0.29) is 16.1 Å². The van der Waals surface area contributed by atoms with E-state index in [1.54, 1.807) is 13.0 Å². The first-order chi connectivity index (χ1) is 9.42. The van der Waals surface area contributed by atoms with Crippen LogP contribution in [0.3, 0.4) is 0 Å². The van der Waals surface area contributed by atoms with Gasteiger partial charge in [-0.05, 0) is 36.8 Å². The first kappa shape index (κ1) is 14.1. The Labute approximate surface area is 116 Å². The fourth-order valence-electron chi connectivity index (χ4n) is 1.71. The summed E-state index contributed by atoms with van der Waals surface area (Å²) in [5.74, 6) is 0.619. The molecule has 0 aliphatic heterocycles. The molecule has 2 N–H and O–H groups in total. The number of hydrogen-bond donors (Lipinski definition) is 2. The molecule has 0 aliphatic carbocycles. The van der Waals surface area contributed by atoms with Crippen LogP contribution in [0.4, 0.5) is 5.69 Å². The summed E-state index contributed by atoms with van der Waals surface area (Å²) in [4.78, 5) is 13.5. The van der Waals surface area contributed by atoms with Crippen molar-refractivity contribution in [2.75, 3.05) is 11.8 Å². The van der Waals surface area contributed by atoms with Gasteiger partial charge in [-0.1, -0.05) is 0 Å². The number of aromatic amines is 1. The van der Waals surface area contributed by atoms with Crippen molar-refractivity contribution in [3.63, 3.8) is 0 Å². The normalized spacial score (nSPS) is 11.1. The Kier molecular flexibility index (Phi) is 3.80. The van der Waals surface area contributed by atoms with E-state index in [1.807, 2.05) is 0 Å². The number of benzene rings is 1. The van der Waals surface area contributed by atoms with E-state index in [0.717, 1.165) is 5.56 Å². The van der Waals surface area contributed by atoms with Crippen LogP contribution < -0.4 is 15.0 Å². The van der Waals surface area contributed by atoms with Gasteiger partial charge in [-0.2, -0.15) is 0 Å². The van der Waals surface area contributed by atoms with Gasteiger partial charge in [0, 0.05) is 12.3 Å². The number of aryl methyl sites for hydroxylation is 1. The lowest BCUT2D eigenvalue weighted by atomic mass is 10.2. The third-order valence-corrected chi connectivity index (χ3v) is 4.09. The highest BCUT2D eigenvalue weighted by Crippen LogP contribution is 2.22. The molecule has 2 aromatic rings. The average Bonchev–Trinajstić information content (AvgIpc) is 2.41. The quantitative estimate of drug-likeness (QED) is 0.894. The van der Waals surface area contributed by atoms with Crippen LogP contribution in [0.25, 0.3) is 0 Å². The van der Waals surface area contributed by atoms with E-state index in [2.05, 4.69) is 9.71 Å². The molecule has 0 aliphatic rings. The second kappa shape index (κ2) is 5.38. The number of pyridine rings is 1. The topological polar surface area (TPSA) is 88.3 Å². The summed E-state index contributed by atoms with van der Waals surface area (Å²) in [5, 5.41) is 0. The highest BCUT2D eigenvalue weighted by Gasteiger charge is 2.15. The second-order valence-electron chi connectivity index (χ2n) is 4.18. The van der Waals surface area contributed by atoms with Crippen molar-refractivity contribution in [1.29, 1.82) is 0 Å². The molecule has 20 heavy (non-hydrogen) atoms. The van der Waals surface area contributed by atoms with Gasteiger partial charge < -0.3 is 9.72 Å². The van der Waals surface area contributed by atoms with Gasteiger partial charge in [0.25, 0.3) is 10.0 Å². The molecule has 0 radical (unpaired) electrons. The van der Waals surface area contributed by atoms with E-state index in [0.29, 0.717) is 5.75 Å². The molecule has 7 heteroatoms. The molecular formula is C13H14N2O4S. The molecule has 0 fully saturated rings. The molecule has 0 saturated carbocycles. The van der Waals surface area contributed by atoms with Gasteiger partial charge in [-0.15, -0.1) is 0 Å². The number of anilines is 1. The highest BCUT2D eigenvalue weighted by atomic mass is 32.2. The van der Waals surface area contributed by atoms with Gasteiger partial charge in [0.15, 0.2) is 0 Å². The van der Waals surface area contributed by atoms with Crippen LogP contribution >= 0.6 is 0 Å². The minimum atomic E-state index is -3.70. The van der Waals surface area contributed by atoms with Gasteiger partial charge >= 0.3 is 0 Å². The number of hydrogen-bond acceptors (Lipinski definition) is 4. The maximum Gasteiger partial charge on any atom is 0.261 e. The van der Waals surface area contributed by atoms with Crippen molar-refractivity contribution in [2.24, 2.45) is 0 Å². The molecule has 2 rings (SSSR count). The molecule has 0 saturated heterocycles. The van der Waals surface area contributed by atoms with Crippen molar-refractivity contribution in [1.82, 2.24) is 4.98 Å². The lowest BCUT2D eigenvalue weighted by Gasteiger charge is -2.10. The molecule has 0 amide bonds. The average molecular weight is 294 g/mol. The largest absolute Gasteiger partial charge is 0.496 e. The summed E-state index contributed by atoms with van der Waals surface area (Å²) in [6, 6.07) is 7.22. The zero-order valence-electron chi connectivity index (χ0n) is 11.0. The molecule has 1 aromatic heterocycles. The molecule has 1 heterocycles. The summed E-state index contributed by atoms with van der Waals surface area (Å²) in [5.41, 5.74) is 0.711. The van der Waals surface area contributed by atoms with Crippen molar-refractivity contribution >= 4 is 15.7 Å². The van der Waals surface area contributed by atoms with Gasteiger partial charge in [-0.3, -0.25) is 9.52 Å². The van der Waals surface area contributed by atoms with Crippen molar-refractivity contribution in [3.05, 3.63) is 52.4 Å². The SMILES string of the molecule is COc1ccc(S(=O)(=O)Nc2ccc(=O)[nH]c2)cc1C. The maximum atomic E-state index is 12.2. The van der Waals surface area contributed by atoms with E-state index < -0.39 is 10.0 Å². The Morgan fingerprint density at radius 1 is 1.20 bits per heavy atom. The third kappa shape index (κ3) is 3.00. The monoisotopic (exact) mass is 294 g/mol. The number of sulfonamides is 1. The fraction of sp³-hybridized carbons (Fsp3) is 0.154. The Bertz CT molecular complexity index is 761. The van der Waals surface area contributed by atoms with Gasteiger partial charge in [-0.25, -0.2) is 8.42 Å². The molecule has 6 nitrogen and oxygen atoms in total. The van der Waals surface area contributed by atoms with Crippen LogP contribution in [0.15, 0.2) is 46.2 Å². The van der Waals surface area contributed by atoms with Crippen LogP contribution in [0.5, 0.6) is 5.75 Å². The molecule has 0 bridgehead atoms. The van der Waals surface area contributed by atoms with E-state index >= 15 is 0 Å². The molecule has 0 unspecified atom stereocenters. The molecule has 0 atom stereocenters. The second-order valence-corrected chi connectivity index (χ2v) is 5.86. The number of ether oxygens (including phenoxy) is 1. The summed E-state index contributed by atoms with van der Waals surface area (Å²) in [6.07, 6.45) is 1.30. The first-order valence-electron chi connectivity index (χ1n) is 5.78. The van der Waals surface area contributed by atoms with Gasteiger partial charge in [0.2, 0.25) is 5.56 Å². The van der Waals surface area contributed by atoms with Crippen LogP contribution in [0, 0.1) is 6.92 Å². The predicted octanol–water partition coefficient (Wildman–Crippen LogP) is 1.49. The van der Waals surface area contributed by atoms with Crippen molar-refractivity contribution in [2.45, 2.75) is 11.8 Å². The number of methoxy groups -OCH3 is 1. The summed E-state index contributed by atoms with van der Waals surface area (Å²) >= 11 is 0. The summed E-state index contributed by atoms with van der Waals surface area (Å²) < 4.78 is 31.9. The fourth-order valence-corrected chi connectivity index (χ4v) is 2.84. The van der Waals surface area contributed by atoms with E-state index in [1.165, 1.54) is 37.6 Å². The molecule has 0 spiro atoms. The maximum absolute atomic E-state index is 12.2. The van der Waals surface area contributed by atoms with Gasteiger partial charge in [0.05, 0.1) is 17.7 Å². The standard InChI is InChI=1S/C13H14N2O4S/c1-9-7-11(4-5-12(9)19-2)20(17,18)15-10-3-6-13(16)14-8-10/h3-8,15H,1-2H3,(H,14,16). The van der Waals surface area contributed by atoms with Gasteiger partial charge in [0.1, 0.15) is 5.75 Å². The first-order valence-corrected chi connectivity index (χ1v) is 7.27. The van der Waals surface area contributed by atoms with Crippen molar-refractivity contribution in [3.8, 4) is 5.75 Å². The lowest BCUT2D eigenvalue weighted by molar-refractivity contribution is 0.411. The molecule has 1 aromatic carbocycles. The highest BCUT2D eigenvalue weighted by molar-refractivity contribution is 7.92. The molecule has 106 valence electrons. The van der Waals surface area contributed by atoms with E-state index in [9.17, 15) is 13.2 Å². The van der Waals surface area contributed by atoms with Crippen LogP contribution in [-0.2, 0) is 10.0 Å². The zero-order valence-corrected chi connectivity index (χ0v) is 11.8. The van der Waals surface area contributed by atoms with Crippen LogP contribution in [0.1, 0.15) is 5.56 Å². The Morgan fingerprint density at radius 3 is 2.50 bits per heavy atom. The van der Waals surface area contributed by atoms with Crippen molar-refractivity contribution < 1.29 is 13.2 Å². The third-order valence-electron chi connectivity index (χ3n) is 2.71. The number of H-pyrrole nitrogens is 1. The Morgan fingerprint density at radius 2 is 1.95 bits per heavy atom. The van der Waals surface area contributed by atoms with Crippen LogP contribution in [-0.4, -0.2) is 20.5 Å². The summed E-state index contributed by atoms with van der Waals surface area (Å²) in [7, 11) is -2.18. The Balaban J connectivity index is 2.33. The number of rotatable bonds is 4.